The molecule has 0 saturated carbocycles. The highest BCUT2D eigenvalue weighted by Crippen LogP contribution is 2.40. The second-order valence-electron chi connectivity index (χ2n) is 6.55. The van der Waals surface area contributed by atoms with Gasteiger partial charge >= 0.3 is 0 Å². The van der Waals surface area contributed by atoms with Gasteiger partial charge in [0.15, 0.2) is 17.3 Å². The summed E-state index contributed by atoms with van der Waals surface area (Å²) < 4.78 is 16.8. The molecule has 0 atom stereocenters. The van der Waals surface area contributed by atoms with E-state index >= 15 is 0 Å². The van der Waals surface area contributed by atoms with Crippen LogP contribution in [-0.4, -0.2) is 17.5 Å². The number of hydrogen-bond acceptors (Lipinski definition) is 5. The van der Waals surface area contributed by atoms with E-state index in [1.54, 1.807) is 31.2 Å². The zero-order valence-electron chi connectivity index (χ0n) is 14.8. The van der Waals surface area contributed by atoms with Gasteiger partial charge in [0.05, 0.1) is 5.56 Å². The largest absolute Gasteiger partial charge is 0.466 e. The second kappa shape index (κ2) is 6.27. The topological polar surface area (TPSA) is 77.8 Å². The molecule has 25 heavy (non-hydrogen) atoms. The summed E-state index contributed by atoms with van der Waals surface area (Å²) in [6, 6.07) is 6.99. The van der Waals surface area contributed by atoms with Crippen LogP contribution in [0.5, 0.6) is 11.5 Å². The molecule has 3 rings (SSSR count). The van der Waals surface area contributed by atoms with Crippen molar-refractivity contribution in [3.63, 3.8) is 0 Å². The normalized spacial score (nSPS) is 14.4. The number of amides is 1. The lowest BCUT2D eigenvalue weighted by atomic mass is 10.1. The molecule has 132 valence electrons. The van der Waals surface area contributed by atoms with Crippen molar-refractivity contribution in [3.05, 3.63) is 41.3 Å². The minimum atomic E-state index is -0.698. The average molecular weight is 343 g/mol. The molecule has 6 nitrogen and oxygen atoms in total. The van der Waals surface area contributed by atoms with Crippen LogP contribution in [0.3, 0.4) is 0 Å². The number of furan rings is 1. The van der Waals surface area contributed by atoms with E-state index in [4.69, 9.17) is 13.9 Å². The third-order valence-electron chi connectivity index (χ3n) is 3.89. The average Bonchev–Trinajstić information content (AvgIpc) is 3.02. The Morgan fingerprint density at radius 2 is 1.84 bits per heavy atom. The summed E-state index contributed by atoms with van der Waals surface area (Å²) in [6.45, 7) is 6.89. The number of carbonyl (C=O) groups is 2. The third-order valence-corrected chi connectivity index (χ3v) is 3.89. The number of ketones is 1. The highest BCUT2D eigenvalue weighted by molar-refractivity contribution is 5.95. The van der Waals surface area contributed by atoms with Crippen molar-refractivity contribution in [3.8, 4) is 11.5 Å². The molecule has 0 fully saturated rings. The van der Waals surface area contributed by atoms with Crippen molar-refractivity contribution in [1.82, 2.24) is 0 Å². The zero-order chi connectivity index (χ0) is 18.2. The van der Waals surface area contributed by atoms with Crippen LogP contribution in [0.2, 0.25) is 0 Å². The third kappa shape index (κ3) is 3.84. The fourth-order valence-corrected chi connectivity index (χ4v) is 2.78. The Bertz CT molecular complexity index is 834. The van der Waals surface area contributed by atoms with Gasteiger partial charge < -0.3 is 19.2 Å². The van der Waals surface area contributed by atoms with Crippen LogP contribution < -0.4 is 14.8 Å². The number of Topliss-reactive ketones (excluding diaryl/α,β-unsaturated/α-hetero) is 1. The smallest absolute Gasteiger partial charge is 0.246 e. The van der Waals surface area contributed by atoms with Gasteiger partial charge in [0.2, 0.25) is 11.7 Å². The zero-order valence-corrected chi connectivity index (χ0v) is 14.8. The van der Waals surface area contributed by atoms with Gasteiger partial charge in [-0.2, -0.15) is 0 Å². The molecule has 1 aliphatic rings. The highest BCUT2D eigenvalue weighted by atomic mass is 16.7. The van der Waals surface area contributed by atoms with Crippen LogP contribution in [0, 0.1) is 6.92 Å². The summed E-state index contributed by atoms with van der Waals surface area (Å²) in [6.07, 6.45) is 0.682. The highest BCUT2D eigenvalue weighted by Gasteiger charge is 2.31. The predicted molar refractivity (Wildman–Crippen MR) is 92.2 cm³/mol. The maximum absolute atomic E-state index is 12.1. The summed E-state index contributed by atoms with van der Waals surface area (Å²) >= 11 is 0. The Hall–Kier alpha value is -2.76. The van der Waals surface area contributed by atoms with Crippen molar-refractivity contribution in [2.75, 3.05) is 5.32 Å². The van der Waals surface area contributed by atoms with Gasteiger partial charge in [0, 0.05) is 38.4 Å². The number of anilines is 1. The first-order chi connectivity index (χ1) is 11.7. The van der Waals surface area contributed by atoms with Crippen LogP contribution in [-0.2, 0) is 11.2 Å². The van der Waals surface area contributed by atoms with E-state index in [0.717, 1.165) is 0 Å². The number of nitrogens with one attached hydrogen (secondary N) is 1. The molecule has 6 heteroatoms. The summed E-state index contributed by atoms with van der Waals surface area (Å²) in [5.41, 5.74) is 1.21. The van der Waals surface area contributed by atoms with Crippen LogP contribution in [0.4, 0.5) is 5.69 Å². The van der Waals surface area contributed by atoms with Crippen LogP contribution >= 0.6 is 0 Å². The molecule has 1 aliphatic heterocycles. The molecule has 0 spiro atoms. The first kappa shape index (κ1) is 17.1. The number of ether oxygens (including phenoxy) is 2. The minimum Gasteiger partial charge on any atom is -0.466 e. The molecule has 0 aliphatic carbocycles. The van der Waals surface area contributed by atoms with Gasteiger partial charge in [-0.15, -0.1) is 0 Å². The van der Waals surface area contributed by atoms with Gasteiger partial charge in [-0.05, 0) is 32.0 Å². The van der Waals surface area contributed by atoms with Crippen molar-refractivity contribution in [2.24, 2.45) is 0 Å². The summed E-state index contributed by atoms with van der Waals surface area (Å²) in [4.78, 5) is 23.6. The fourth-order valence-electron chi connectivity index (χ4n) is 2.78. The number of rotatable bonds is 5. The van der Waals surface area contributed by atoms with E-state index in [9.17, 15) is 9.59 Å². The maximum Gasteiger partial charge on any atom is 0.246 e. The number of carbonyl (C=O) groups excluding carboxylic acids is 2. The van der Waals surface area contributed by atoms with Gasteiger partial charge in [-0.25, -0.2) is 0 Å². The number of fused-ring (bicyclic) bond motifs is 1. The summed E-state index contributed by atoms with van der Waals surface area (Å²) in [5.74, 6) is 1.60. The summed E-state index contributed by atoms with van der Waals surface area (Å²) in [7, 11) is 0. The van der Waals surface area contributed by atoms with Crippen molar-refractivity contribution in [1.29, 1.82) is 0 Å². The molecular weight excluding hydrogens is 322 g/mol. The Labute approximate surface area is 146 Å². The second-order valence-corrected chi connectivity index (χ2v) is 6.55. The maximum atomic E-state index is 12.1. The molecule has 0 radical (unpaired) electrons. The Kier molecular flexibility index (Phi) is 4.29. The van der Waals surface area contributed by atoms with Crippen molar-refractivity contribution in [2.45, 2.75) is 46.3 Å². The van der Waals surface area contributed by atoms with E-state index in [2.05, 4.69) is 5.32 Å². The number of hydrogen-bond donors (Lipinski definition) is 1. The molecule has 1 amide bonds. The van der Waals surface area contributed by atoms with Gasteiger partial charge in [-0.3, -0.25) is 9.59 Å². The molecule has 2 aromatic rings. The Morgan fingerprint density at radius 1 is 1.12 bits per heavy atom. The first-order valence-corrected chi connectivity index (χ1v) is 8.16. The van der Waals surface area contributed by atoms with Gasteiger partial charge in [-0.1, -0.05) is 0 Å². The summed E-state index contributed by atoms with van der Waals surface area (Å²) in [5, 5.41) is 2.83. The quantitative estimate of drug-likeness (QED) is 0.834. The lowest BCUT2D eigenvalue weighted by Gasteiger charge is -2.16. The van der Waals surface area contributed by atoms with E-state index in [1.807, 2.05) is 13.8 Å². The predicted octanol–water partition coefficient (Wildman–Crippen LogP) is 3.87. The lowest BCUT2D eigenvalue weighted by molar-refractivity contribution is -0.116. The Morgan fingerprint density at radius 3 is 2.52 bits per heavy atom. The molecule has 1 aromatic heterocycles. The lowest BCUT2D eigenvalue weighted by Crippen LogP contribution is -2.29. The fraction of sp³-hybridized carbons (Fsp3) is 0.368. The van der Waals surface area contributed by atoms with E-state index in [1.165, 1.54) is 6.92 Å². The molecule has 1 N–H and O–H groups in total. The molecule has 0 unspecified atom stereocenters. The Balaban J connectivity index is 1.59. The molecular formula is C19H21NO5. The number of aryl methyl sites for hydroxylation is 2. The molecule has 2 heterocycles. The molecule has 1 aromatic carbocycles. The van der Waals surface area contributed by atoms with E-state index in [-0.39, 0.29) is 18.1 Å². The minimum absolute atomic E-state index is 0.0414. The monoisotopic (exact) mass is 343 g/mol. The van der Waals surface area contributed by atoms with E-state index in [0.29, 0.717) is 40.7 Å². The van der Waals surface area contributed by atoms with Crippen LogP contribution in [0.25, 0.3) is 0 Å². The molecule has 0 bridgehead atoms. The van der Waals surface area contributed by atoms with Gasteiger partial charge in [0.25, 0.3) is 0 Å². The van der Waals surface area contributed by atoms with Crippen molar-refractivity contribution >= 4 is 17.4 Å². The molecule has 0 saturated heterocycles. The standard InChI is InChI=1S/C19H21NO5/c1-11(21)15-10-14(23-12(15)2)6-8-18(22)20-13-5-7-16-17(9-13)25-19(3,4)24-16/h5,7,9-10H,6,8H2,1-4H3,(H,20,22). The van der Waals surface area contributed by atoms with E-state index < -0.39 is 5.79 Å². The van der Waals surface area contributed by atoms with Gasteiger partial charge in [0.1, 0.15) is 11.5 Å². The van der Waals surface area contributed by atoms with Crippen LogP contribution in [0.1, 0.15) is 49.1 Å². The van der Waals surface area contributed by atoms with Crippen LogP contribution in [0.15, 0.2) is 28.7 Å². The van der Waals surface area contributed by atoms with Crippen molar-refractivity contribution < 1.29 is 23.5 Å². The first-order valence-electron chi connectivity index (χ1n) is 8.16. The SMILES string of the molecule is CC(=O)c1cc(CCC(=O)Nc2ccc3c(c2)OC(C)(C)O3)oc1C. The number of benzene rings is 1.